The summed E-state index contributed by atoms with van der Waals surface area (Å²) in [6.45, 7) is 1.64. The SMILES string of the molecule is CNC(=O)C1CCN(c2nc(NC)cn3ccnc23)CC1. The monoisotopic (exact) mass is 288 g/mol. The van der Waals surface area contributed by atoms with Crippen LogP contribution in [0.1, 0.15) is 12.8 Å². The van der Waals surface area contributed by atoms with Crippen LogP contribution in [0.25, 0.3) is 5.65 Å². The number of nitrogens with zero attached hydrogens (tertiary/aromatic N) is 4. The molecule has 0 spiro atoms. The van der Waals surface area contributed by atoms with Crippen LogP contribution < -0.4 is 15.5 Å². The highest BCUT2D eigenvalue weighted by atomic mass is 16.1. The van der Waals surface area contributed by atoms with E-state index in [4.69, 9.17) is 0 Å². The number of carbonyl (C=O) groups excluding carboxylic acids is 1. The number of piperidine rings is 1. The van der Waals surface area contributed by atoms with Gasteiger partial charge in [0.1, 0.15) is 5.82 Å². The van der Waals surface area contributed by atoms with Crippen LogP contribution in [0.15, 0.2) is 18.6 Å². The van der Waals surface area contributed by atoms with Crippen LogP contribution in [-0.2, 0) is 4.79 Å². The van der Waals surface area contributed by atoms with Crippen molar-refractivity contribution in [3.8, 4) is 0 Å². The Bertz CT molecular complexity index is 644. The third-order valence-corrected chi connectivity index (χ3v) is 4.02. The van der Waals surface area contributed by atoms with Crippen LogP contribution in [0.3, 0.4) is 0 Å². The van der Waals surface area contributed by atoms with Crippen LogP contribution in [0.4, 0.5) is 11.6 Å². The molecule has 3 rings (SSSR count). The van der Waals surface area contributed by atoms with Gasteiger partial charge in [-0.2, -0.15) is 0 Å². The fourth-order valence-electron chi connectivity index (χ4n) is 2.81. The van der Waals surface area contributed by atoms with Crippen molar-refractivity contribution in [1.82, 2.24) is 19.7 Å². The molecular weight excluding hydrogens is 268 g/mol. The van der Waals surface area contributed by atoms with Crippen LogP contribution in [0, 0.1) is 5.92 Å². The van der Waals surface area contributed by atoms with Gasteiger partial charge in [-0.05, 0) is 12.8 Å². The Labute approximate surface area is 123 Å². The second-order valence-electron chi connectivity index (χ2n) is 5.23. The minimum Gasteiger partial charge on any atom is -0.372 e. The van der Waals surface area contributed by atoms with Crippen molar-refractivity contribution in [1.29, 1.82) is 0 Å². The van der Waals surface area contributed by atoms with Crippen LogP contribution in [0.2, 0.25) is 0 Å². The number of fused-ring (bicyclic) bond motifs is 1. The fourth-order valence-corrected chi connectivity index (χ4v) is 2.81. The zero-order valence-corrected chi connectivity index (χ0v) is 12.3. The standard InChI is InChI=1S/C14H20N6O/c1-15-11-9-20-8-5-17-12(20)13(18-11)19-6-3-10(4-7-19)14(21)16-2/h5,8-10,15H,3-4,6-7H2,1-2H3,(H,16,21). The zero-order valence-electron chi connectivity index (χ0n) is 12.3. The van der Waals surface area contributed by atoms with E-state index in [0.717, 1.165) is 43.2 Å². The van der Waals surface area contributed by atoms with Gasteiger partial charge in [-0.3, -0.25) is 4.79 Å². The first kappa shape index (κ1) is 13.7. The third-order valence-electron chi connectivity index (χ3n) is 4.02. The van der Waals surface area contributed by atoms with Crippen LogP contribution >= 0.6 is 0 Å². The van der Waals surface area contributed by atoms with E-state index >= 15 is 0 Å². The lowest BCUT2D eigenvalue weighted by Gasteiger charge is -2.32. The Morgan fingerprint density at radius 2 is 2.10 bits per heavy atom. The molecule has 1 fully saturated rings. The van der Waals surface area contributed by atoms with E-state index in [9.17, 15) is 4.79 Å². The summed E-state index contributed by atoms with van der Waals surface area (Å²) in [6, 6.07) is 0. The van der Waals surface area contributed by atoms with Crippen molar-refractivity contribution in [3.63, 3.8) is 0 Å². The van der Waals surface area contributed by atoms with E-state index < -0.39 is 0 Å². The molecule has 0 aliphatic carbocycles. The van der Waals surface area contributed by atoms with E-state index in [0.29, 0.717) is 0 Å². The van der Waals surface area contributed by atoms with Gasteiger partial charge in [0, 0.05) is 45.5 Å². The summed E-state index contributed by atoms with van der Waals surface area (Å²) in [5, 5.41) is 5.81. The van der Waals surface area contributed by atoms with E-state index in [1.54, 1.807) is 13.2 Å². The van der Waals surface area contributed by atoms with E-state index in [-0.39, 0.29) is 11.8 Å². The second kappa shape index (κ2) is 5.59. The van der Waals surface area contributed by atoms with Crippen molar-refractivity contribution in [3.05, 3.63) is 18.6 Å². The lowest BCUT2D eigenvalue weighted by atomic mass is 9.96. The van der Waals surface area contributed by atoms with Gasteiger partial charge in [0.25, 0.3) is 0 Å². The summed E-state index contributed by atoms with van der Waals surface area (Å²) in [4.78, 5) is 22.9. The molecule has 1 amide bonds. The third kappa shape index (κ3) is 2.51. The maximum absolute atomic E-state index is 11.7. The Hall–Kier alpha value is -2.31. The first-order valence-electron chi connectivity index (χ1n) is 7.21. The molecule has 0 unspecified atom stereocenters. The Kier molecular flexibility index (Phi) is 3.64. The Morgan fingerprint density at radius 3 is 2.76 bits per heavy atom. The molecule has 2 N–H and O–H groups in total. The number of amides is 1. The molecule has 1 saturated heterocycles. The quantitative estimate of drug-likeness (QED) is 0.871. The number of hydrogen-bond donors (Lipinski definition) is 2. The molecule has 0 saturated carbocycles. The van der Waals surface area contributed by atoms with Gasteiger partial charge in [0.2, 0.25) is 5.91 Å². The Morgan fingerprint density at radius 1 is 1.33 bits per heavy atom. The molecule has 0 atom stereocenters. The van der Waals surface area contributed by atoms with Crippen molar-refractivity contribution < 1.29 is 4.79 Å². The first-order valence-corrected chi connectivity index (χ1v) is 7.21. The first-order chi connectivity index (χ1) is 10.2. The van der Waals surface area contributed by atoms with Gasteiger partial charge >= 0.3 is 0 Å². The number of anilines is 2. The number of imidazole rings is 1. The highest BCUT2D eigenvalue weighted by Gasteiger charge is 2.26. The van der Waals surface area contributed by atoms with Gasteiger partial charge < -0.3 is 19.9 Å². The number of rotatable bonds is 3. The molecule has 7 nitrogen and oxygen atoms in total. The lowest BCUT2D eigenvalue weighted by molar-refractivity contribution is -0.125. The number of carbonyl (C=O) groups is 1. The molecule has 0 bridgehead atoms. The van der Waals surface area contributed by atoms with Crippen molar-refractivity contribution in [2.75, 3.05) is 37.4 Å². The van der Waals surface area contributed by atoms with Gasteiger partial charge in [0.15, 0.2) is 11.5 Å². The summed E-state index contributed by atoms with van der Waals surface area (Å²) < 4.78 is 1.97. The van der Waals surface area contributed by atoms with Crippen molar-refractivity contribution in [2.24, 2.45) is 5.92 Å². The Balaban J connectivity index is 1.85. The molecule has 7 heteroatoms. The number of aromatic nitrogens is 3. The van der Waals surface area contributed by atoms with Gasteiger partial charge in [-0.25, -0.2) is 9.97 Å². The van der Waals surface area contributed by atoms with Crippen molar-refractivity contribution in [2.45, 2.75) is 12.8 Å². The molecule has 112 valence electrons. The highest BCUT2D eigenvalue weighted by Crippen LogP contribution is 2.26. The topological polar surface area (TPSA) is 74.6 Å². The van der Waals surface area contributed by atoms with Crippen molar-refractivity contribution >= 4 is 23.2 Å². The summed E-state index contributed by atoms with van der Waals surface area (Å²) in [6.07, 6.45) is 7.30. The smallest absolute Gasteiger partial charge is 0.222 e. The molecule has 1 aliphatic rings. The molecule has 0 radical (unpaired) electrons. The van der Waals surface area contributed by atoms with Gasteiger partial charge in [-0.1, -0.05) is 0 Å². The average Bonchev–Trinajstić information content (AvgIpc) is 3.01. The normalized spacial score (nSPS) is 16.2. The predicted octanol–water partition coefficient (Wildman–Crippen LogP) is 0.733. The minimum absolute atomic E-state index is 0.106. The van der Waals surface area contributed by atoms with Crippen LogP contribution in [-0.4, -0.2) is 47.5 Å². The summed E-state index contributed by atoms with van der Waals surface area (Å²) in [5.74, 6) is 1.93. The lowest BCUT2D eigenvalue weighted by Crippen LogP contribution is -2.40. The number of hydrogen-bond acceptors (Lipinski definition) is 5. The highest BCUT2D eigenvalue weighted by molar-refractivity contribution is 5.78. The fraction of sp³-hybridized carbons (Fsp3) is 0.500. The summed E-state index contributed by atoms with van der Waals surface area (Å²) >= 11 is 0. The number of nitrogens with one attached hydrogen (secondary N) is 2. The van der Waals surface area contributed by atoms with Gasteiger partial charge in [-0.15, -0.1) is 0 Å². The molecule has 2 aromatic heterocycles. The maximum atomic E-state index is 11.7. The molecule has 0 aromatic carbocycles. The zero-order chi connectivity index (χ0) is 14.8. The minimum atomic E-state index is 0.106. The molecule has 21 heavy (non-hydrogen) atoms. The average molecular weight is 288 g/mol. The maximum Gasteiger partial charge on any atom is 0.222 e. The largest absolute Gasteiger partial charge is 0.372 e. The van der Waals surface area contributed by atoms with Crippen LogP contribution in [0.5, 0.6) is 0 Å². The molecular formula is C14H20N6O. The van der Waals surface area contributed by atoms with E-state index in [1.807, 2.05) is 23.8 Å². The molecule has 3 heterocycles. The van der Waals surface area contributed by atoms with E-state index in [2.05, 4.69) is 25.5 Å². The second-order valence-corrected chi connectivity index (χ2v) is 5.23. The summed E-state index contributed by atoms with van der Waals surface area (Å²) in [7, 11) is 3.55. The predicted molar refractivity (Wildman–Crippen MR) is 81.5 cm³/mol. The summed E-state index contributed by atoms with van der Waals surface area (Å²) in [5.41, 5.74) is 0.854. The molecule has 2 aromatic rings. The molecule has 1 aliphatic heterocycles. The van der Waals surface area contributed by atoms with Gasteiger partial charge in [0.05, 0.1) is 6.20 Å². The van der Waals surface area contributed by atoms with E-state index in [1.165, 1.54) is 0 Å².